The first-order valence-corrected chi connectivity index (χ1v) is 7.32. The molecule has 0 radical (unpaired) electrons. The van der Waals surface area contributed by atoms with Gasteiger partial charge in [0.25, 0.3) is 0 Å². The summed E-state index contributed by atoms with van der Waals surface area (Å²) in [5, 5.41) is 2.98. The SMILES string of the molecule is CCc1ccccc1S(=O)(=O)NCCCNC. The normalized spacial score (nSPS) is 11.6. The van der Waals surface area contributed by atoms with Crippen LogP contribution in [-0.2, 0) is 16.4 Å². The third-order valence-corrected chi connectivity index (χ3v) is 4.10. The molecule has 0 saturated heterocycles. The Labute approximate surface area is 103 Å². The van der Waals surface area contributed by atoms with Crippen LogP contribution < -0.4 is 10.0 Å². The van der Waals surface area contributed by atoms with Gasteiger partial charge in [-0.15, -0.1) is 0 Å². The minimum atomic E-state index is -3.36. The predicted octanol–water partition coefficient (Wildman–Crippen LogP) is 1.14. The Morgan fingerprint density at radius 2 is 1.88 bits per heavy atom. The van der Waals surface area contributed by atoms with E-state index in [0.717, 1.165) is 18.5 Å². The van der Waals surface area contributed by atoms with Crippen molar-refractivity contribution >= 4 is 10.0 Å². The Morgan fingerprint density at radius 3 is 2.53 bits per heavy atom. The number of hydrogen-bond donors (Lipinski definition) is 2. The number of nitrogens with one attached hydrogen (secondary N) is 2. The molecule has 0 heterocycles. The molecule has 96 valence electrons. The summed E-state index contributed by atoms with van der Waals surface area (Å²) >= 11 is 0. The van der Waals surface area contributed by atoms with Gasteiger partial charge in [-0.05, 0) is 38.1 Å². The van der Waals surface area contributed by atoms with Crippen molar-refractivity contribution in [3.05, 3.63) is 29.8 Å². The van der Waals surface area contributed by atoms with E-state index in [-0.39, 0.29) is 0 Å². The average molecular weight is 256 g/mol. The average Bonchev–Trinajstić information content (AvgIpc) is 2.34. The molecule has 0 bridgehead atoms. The summed E-state index contributed by atoms with van der Waals surface area (Å²) in [6.45, 7) is 3.22. The van der Waals surface area contributed by atoms with Gasteiger partial charge in [-0.3, -0.25) is 0 Å². The number of sulfonamides is 1. The summed E-state index contributed by atoms with van der Waals surface area (Å²) in [7, 11) is -1.51. The van der Waals surface area contributed by atoms with Crippen molar-refractivity contribution < 1.29 is 8.42 Å². The molecule has 17 heavy (non-hydrogen) atoms. The quantitative estimate of drug-likeness (QED) is 0.719. The summed E-state index contributed by atoms with van der Waals surface area (Å²) < 4.78 is 26.7. The van der Waals surface area contributed by atoms with Gasteiger partial charge in [0.15, 0.2) is 0 Å². The molecule has 0 aliphatic heterocycles. The summed E-state index contributed by atoms with van der Waals surface area (Å²) in [6.07, 6.45) is 1.50. The van der Waals surface area contributed by atoms with Crippen LogP contribution in [0.15, 0.2) is 29.2 Å². The molecule has 1 rings (SSSR count). The van der Waals surface area contributed by atoms with Crippen molar-refractivity contribution in [3.8, 4) is 0 Å². The van der Waals surface area contributed by atoms with Gasteiger partial charge in [-0.2, -0.15) is 0 Å². The highest BCUT2D eigenvalue weighted by Crippen LogP contribution is 2.15. The molecule has 0 aromatic heterocycles. The molecular formula is C12H20N2O2S. The zero-order valence-electron chi connectivity index (χ0n) is 10.4. The Balaban J connectivity index is 2.75. The third-order valence-electron chi connectivity index (χ3n) is 2.54. The third kappa shape index (κ3) is 4.11. The molecule has 0 saturated carbocycles. The van der Waals surface area contributed by atoms with E-state index in [4.69, 9.17) is 0 Å². The highest BCUT2D eigenvalue weighted by atomic mass is 32.2. The Kier molecular flexibility index (Phi) is 5.61. The second-order valence-corrected chi connectivity index (χ2v) is 5.55. The van der Waals surface area contributed by atoms with Crippen molar-refractivity contribution in [2.75, 3.05) is 20.1 Å². The van der Waals surface area contributed by atoms with Crippen molar-refractivity contribution in [1.29, 1.82) is 0 Å². The number of hydrogen-bond acceptors (Lipinski definition) is 3. The molecule has 5 heteroatoms. The summed E-state index contributed by atoms with van der Waals surface area (Å²) in [6, 6.07) is 7.11. The molecule has 0 amide bonds. The van der Waals surface area contributed by atoms with Gasteiger partial charge in [-0.1, -0.05) is 25.1 Å². The highest BCUT2D eigenvalue weighted by Gasteiger charge is 2.16. The fourth-order valence-corrected chi connectivity index (χ4v) is 2.99. The van der Waals surface area contributed by atoms with E-state index < -0.39 is 10.0 Å². The monoisotopic (exact) mass is 256 g/mol. The first kappa shape index (κ1) is 14.2. The van der Waals surface area contributed by atoms with E-state index in [0.29, 0.717) is 17.9 Å². The van der Waals surface area contributed by atoms with Crippen LogP contribution in [0.2, 0.25) is 0 Å². The van der Waals surface area contributed by atoms with Crippen molar-refractivity contribution in [2.24, 2.45) is 0 Å². The second-order valence-electron chi connectivity index (χ2n) is 3.82. The lowest BCUT2D eigenvalue weighted by molar-refractivity contribution is 0.576. The smallest absolute Gasteiger partial charge is 0.240 e. The van der Waals surface area contributed by atoms with Crippen LogP contribution >= 0.6 is 0 Å². The van der Waals surface area contributed by atoms with Crippen LogP contribution in [0.5, 0.6) is 0 Å². The molecule has 4 nitrogen and oxygen atoms in total. The lowest BCUT2D eigenvalue weighted by Gasteiger charge is -2.10. The van der Waals surface area contributed by atoms with Crippen LogP contribution in [0.3, 0.4) is 0 Å². The number of rotatable bonds is 7. The Bertz CT molecular complexity index is 444. The topological polar surface area (TPSA) is 58.2 Å². The zero-order chi connectivity index (χ0) is 12.7. The van der Waals surface area contributed by atoms with E-state index in [1.807, 2.05) is 26.1 Å². The van der Waals surface area contributed by atoms with Gasteiger partial charge in [-0.25, -0.2) is 13.1 Å². The van der Waals surface area contributed by atoms with Crippen LogP contribution in [0.1, 0.15) is 18.9 Å². The zero-order valence-corrected chi connectivity index (χ0v) is 11.2. The molecule has 0 unspecified atom stereocenters. The maximum Gasteiger partial charge on any atom is 0.240 e. The van der Waals surface area contributed by atoms with E-state index in [9.17, 15) is 8.42 Å². The van der Waals surface area contributed by atoms with Crippen molar-refractivity contribution in [3.63, 3.8) is 0 Å². The largest absolute Gasteiger partial charge is 0.320 e. The Morgan fingerprint density at radius 1 is 1.18 bits per heavy atom. The molecule has 2 N–H and O–H groups in total. The van der Waals surface area contributed by atoms with Crippen LogP contribution in [0.4, 0.5) is 0 Å². The Hall–Kier alpha value is -0.910. The van der Waals surface area contributed by atoms with Gasteiger partial charge in [0.1, 0.15) is 0 Å². The minimum absolute atomic E-state index is 0.395. The number of aryl methyl sites for hydroxylation is 1. The molecule has 0 aliphatic carbocycles. The molecular weight excluding hydrogens is 236 g/mol. The maximum absolute atomic E-state index is 12.0. The van der Waals surface area contributed by atoms with E-state index >= 15 is 0 Å². The van der Waals surface area contributed by atoms with Gasteiger partial charge >= 0.3 is 0 Å². The van der Waals surface area contributed by atoms with Gasteiger partial charge < -0.3 is 5.32 Å². The predicted molar refractivity (Wildman–Crippen MR) is 69.6 cm³/mol. The van der Waals surface area contributed by atoms with E-state index in [1.54, 1.807) is 12.1 Å². The standard InChI is InChI=1S/C12H20N2O2S/c1-3-11-7-4-5-8-12(11)17(15,16)14-10-6-9-13-2/h4-5,7-8,13-14H,3,6,9-10H2,1-2H3. The molecule has 0 aliphatic rings. The summed E-state index contributed by atoms with van der Waals surface area (Å²) in [4.78, 5) is 0.395. The highest BCUT2D eigenvalue weighted by molar-refractivity contribution is 7.89. The summed E-state index contributed by atoms with van der Waals surface area (Å²) in [5.74, 6) is 0. The first-order valence-electron chi connectivity index (χ1n) is 5.84. The minimum Gasteiger partial charge on any atom is -0.320 e. The van der Waals surface area contributed by atoms with Crippen LogP contribution in [0, 0.1) is 0 Å². The number of benzene rings is 1. The molecule has 1 aromatic carbocycles. The van der Waals surface area contributed by atoms with Crippen LogP contribution in [0.25, 0.3) is 0 Å². The maximum atomic E-state index is 12.0. The fourth-order valence-electron chi connectivity index (χ4n) is 1.61. The molecule has 1 aromatic rings. The van der Waals surface area contributed by atoms with Crippen LogP contribution in [-0.4, -0.2) is 28.6 Å². The van der Waals surface area contributed by atoms with Gasteiger partial charge in [0.2, 0.25) is 10.0 Å². The van der Waals surface area contributed by atoms with Crippen molar-refractivity contribution in [1.82, 2.24) is 10.0 Å². The van der Waals surface area contributed by atoms with E-state index in [1.165, 1.54) is 0 Å². The lowest BCUT2D eigenvalue weighted by atomic mass is 10.2. The fraction of sp³-hybridized carbons (Fsp3) is 0.500. The summed E-state index contributed by atoms with van der Waals surface area (Å²) in [5.41, 5.74) is 0.855. The molecule has 0 fully saturated rings. The van der Waals surface area contributed by atoms with Crippen molar-refractivity contribution in [2.45, 2.75) is 24.7 Å². The van der Waals surface area contributed by atoms with Gasteiger partial charge in [0, 0.05) is 6.54 Å². The van der Waals surface area contributed by atoms with E-state index in [2.05, 4.69) is 10.0 Å². The molecule has 0 atom stereocenters. The molecule has 0 spiro atoms. The second kappa shape index (κ2) is 6.74. The van der Waals surface area contributed by atoms with Gasteiger partial charge in [0.05, 0.1) is 4.90 Å². The lowest BCUT2D eigenvalue weighted by Crippen LogP contribution is -2.27. The first-order chi connectivity index (χ1) is 8.11.